The van der Waals surface area contributed by atoms with E-state index < -0.39 is 0 Å². The highest BCUT2D eigenvalue weighted by Gasteiger charge is 2.24. The first-order valence-electron chi connectivity index (χ1n) is 4.64. The minimum atomic E-state index is 0.762. The van der Waals surface area contributed by atoms with E-state index in [2.05, 4.69) is 13.5 Å². The van der Waals surface area contributed by atoms with Gasteiger partial charge in [-0.1, -0.05) is 19.1 Å². The Bertz CT molecular complexity index is 140. The van der Waals surface area contributed by atoms with Gasteiger partial charge < -0.3 is 5.73 Å². The van der Waals surface area contributed by atoms with Crippen molar-refractivity contribution in [2.45, 2.75) is 32.6 Å². The Morgan fingerprint density at radius 2 is 2.27 bits per heavy atom. The molecule has 11 heavy (non-hydrogen) atoms. The molecule has 0 aromatic heterocycles. The Hall–Kier alpha value is -0.300. The largest absolute Gasteiger partial charge is 0.330 e. The van der Waals surface area contributed by atoms with E-state index in [1.807, 2.05) is 0 Å². The minimum Gasteiger partial charge on any atom is -0.330 e. The molecule has 64 valence electrons. The first-order valence-corrected chi connectivity index (χ1v) is 4.64. The smallest absolute Gasteiger partial charge is 0.00771 e. The van der Waals surface area contributed by atoms with Gasteiger partial charge in [0.15, 0.2) is 0 Å². The fourth-order valence-corrected chi connectivity index (χ4v) is 1.92. The van der Waals surface area contributed by atoms with Crippen LogP contribution < -0.4 is 5.73 Å². The molecule has 0 aromatic carbocycles. The van der Waals surface area contributed by atoms with Gasteiger partial charge in [-0.3, -0.25) is 0 Å². The van der Waals surface area contributed by atoms with Gasteiger partial charge in [0.2, 0.25) is 0 Å². The molecule has 0 spiro atoms. The zero-order valence-corrected chi connectivity index (χ0v) is 7.47. The molecule has 0 saturated heterocycles. The van der Waals surface area contributed by atoms with Gasteiger partial charge in [-0.25, -0.2) is 0 Å². The first kappa shape index (κ1) is 8.79. The van der Waals surface area contributed by atoms with Gasteiger partial charge in [0.25, 0.3) is 0 Å². The molecule has 1 fully saturated rings. The molecule has 0 bridgehead atoms. The lowest BCUT2D eigenvalue weighted by Crippen LogP contribution is -2.04. The van der Waals surface area contributed by atoms with Gasteiger partial charge in [-0.05, 0) is 44.1 Å². The molecule has 2 atom stereocenters. The van der Waals surface area contributed by atoms with Crippen molar-refractivity contribution in [3.05, 3.63) is 12.2 Å². The molecule has 2 unspecified atom stereocenters. The summed E-state index contributed by atoms with van der Waals surface area (Å²) in [5, 5.41) is 0. The fourth-order valence-electron chi connectivity index (χ4n) is 1.92. The minimum absolute atomic E-state index is 0.762. The van der Waals surface area contributed by atoms with Gasteiger partial charge in [0, 0.05) is 0 Å². The topological polar surface area (TPSA) is 26.0 Å². The lowest BCUT2D eigenvalue weighted by Gasteiger charge is -2.11. The van der Waals surface area contributed by atoms with Gasteiger partial charge in [-0.15, -0.1) is 0 Å². The molecule has 1 rings (SSSR count). The Kier molecular flexibility index (Phi) is 3.13. The van der Waals surface area contributed by atoms with Crippen LogP contribution in [0, 0.1) is 11.8 Å². The van der Waals surface area contributed by atoms with Crippen LogP contribution in [0.1, 0.15) is 32.6 Å². The fraction of sp³-hybridized carbons (Fsp3) is 0.800. The van der Waals surface area contributed by atoms with Crippen LogP contribution in [0.4, 0.5) is 0 Å². The Morgan fingerprint density at radius 1 is 1.55 bits per heavy atom. The summed E-state index contributed by atoms with van der Waals surface area (Å²) in [7, 11) is 0. The van der Waals surface area contributed by atoms with E-state index in [-0.39, 0.29) is 0 Å². The summed E-state index contributed by atoms with van der Waals surface area (Å²) in [6, 6.07) is 0. The van der Waals surface area contributed by atoms with Gasteiger partial charge in [0.05, 0.1) is 0 Å². The van der Waals surface area contributed by atoms with Gasteiger partial charge in [-0.2, -0.15) is 0 Å². The maximum atomic E-state index is 5.46. The number of hydrogen-bond acceptors (Lipinski definition) is 1. The summed E-state index contributed by atoms with van der Waals surface area (Å²) in [6.45, 7) is 7.24. The van der Waals surface area contributed by atoms with Crippen molar-refractivity contribution >= 4 is 0 Å². The Morgan fingerprint density at radius 3 is 2.73 bits per heavy atom. The van der Waals surface area contributed by atoms with Crippen molar-refractivity contribution in [1.82, 2.24) is 0 Å². The van der Waals surface area contributed by atoms with Crippen LogP contribution in [0.15, 0.2) is 12.2 Å². The predicted molar refractivity (Wildman–Crippen MR) is 49.3 cm³/mol. The quantitative estimate of drug-likeness (QED) is 0.619. The lowest BCUT2D eigenvalue weighted by molar-refractivity contribution is 0.551. The van der Waals surface area contributed by atoms with Crippen LogP contribution in [0.2, 0.25) is 0 Å². The van der Waals surface area contributed by atoms with E-state index in [1.54, 1.807) is 0 Å². The zero-order valence-electron chi connectivity index (χ0n) is 7.47. The van der Waals surface area contributed by atoms with E-state index in [1.165, 1.54) is 24.8 Å². The average molecular weight is 153 g/mol. The molecule has 0 amide bonds. The molecular weight excluding hydrogens is 134 g/mol. The van der Waals surface area contributed by atoms with Crippen LogP contribution in [0.3, 0.4) is 0 Å². The molecule has 0 heterocycles. The van der Waals surface area contributed by atoms with Gasteiger partial charge in [0.1, 0.15) is 0 Å². The molecule has 0 aromatic rings. The summed E-state index contributed by atoms with van der Waals surface area (Å²) in [6.07, 6.45) is 5.12. The normalized spacial score (nSPS) is 31.3. The maximum Gasteiger partial charge on any atom is -0.00771 e. The molecule has 2 N–H and O–H groups in total. The number of hydrogen-bond donors (Lipinski definition) is 1. The molecular formula is C10H19N. The molecule has 1 saturated carbocycles. The summed E-state index contributed by atoms with van der Waals surface area (Å²) in [5.41, 5.74) is 6.93. The number of nitrogens with two attached hydrogens (primary N) is 1. The molecule has 0 radical (unpaired) electrons. The van der Waals surface area contributed by atoms with E-state index >= 15 is 0 Å². The number of allylic oxidation sites excluding steroid dienone is 1. The van der Waals surface area contributed by atoms with E-state index in [0.29, 0.717) is 0 Å². The highest BCUT2D eigenvalue weighted by atomic mass is 14.5. The second-order valence-corrected chi connectivity index (χ2v) is 3.68. The van der Waals surface area contributed by atoms with Crippen molar-refractivity contribution in [3.8, 4) is 0 Å². The maximum absolute atomic E-state index is 5.46. The van der Waals surface area contributed by atoms with Gasteiger partial charge >= 0.3 is 0 Å². The van der Waals surface area contributed by atoms with Crippen molar-refractivity contribution in [2.75, 3.05) is 6.54 Å². The Balaban J connectivity index is 2.30. The van der Waals surface area contributed by atoms with Crippen molar-refractivity contribution in [3.63, 3.8) is 0 Å². The molecule has 1 heteroatoms. The summed E-state index contributed by atoms with van der Waals surface area (Å²) in [4.78, 5) is 0. The van der Waals surface area contributed by atoms with E-state index in [9.17, 15) is 0 Å². The third-order valence-corrected chi connectivity index (χ3v) is 2.86. The SMILES string of the molecule is C=C1C(C)CCC1CCCN. The molecule has 1 aliphatic rings. The molecule has 1 aliphatic carbocycles. The van der Waals surface area contributed by atoms with Crippen molar-refractivity contribution < 1.29 is 0 Å². The molecule has 1 nitrogen and oxygen atoms in total. The van der Waals surface area contributed by atoms with Crippen LogP contribution in [0.5, 0.6) is 0 Å². The third-order valence-electron chi connectivity index (χ3n) is 2.86. The highest BCUT2D eigenvalue weighted by Crippen LogP contribution is 2.37. The van der Waals surface area contributed by atoms with E-state index in [0.717, 1.165) is 24.8 Å². The summed E-state index contributed by atoms with van der Waals surface area (Å²) in [5.74, 6) is 1.55. The third kappa shape index (κ3) is 2.06. The number of rotatable bonds is 3. The predicted octanol–water partition coefficient (Wildman–Crippen LogP) is 2.33. The summed E-state index contributed by atoms with van der Waals surface area (Å²) < 4.78 is 0. The van der Waals surface area contributed by atoms with E-state index in [4.69, 9.17) is 5.73 Å². The molecule has 0 aliphatic heterocycles. The zero-order chi connectivity index (χ0) is 8.27. The van der Waals surface area contributed by atoms with Crippen molar-refractivity contribution in [1.29, 1.82) is 0 Å². The van der Waals surface area contributed by atoms with Crippen molar-refractivity contribution in [2.24, 2.45) is 17.6 Å². The van der Waals surface area contributed by atoms with Crippen LogP contribution in [-0.4, -0.2) is 6.54 Å². The summed E-state index contributed by atoms with van der Waals surface area (Å²) >= 11 is 0. The van der Waals surface area contributed by atoms with Crippen LogP contribution in [0.25, 0.3) is 0 Å². The highest BCUT2D eigenvalue weighted by molar-refractivity contribution is 5.09. The van der Waals surface area contributed by atoms with Crippen LogP contribution >= 0.6 is 0 Å². The van der Waals surface area contributed by atoms with Crippen LogP contribution in [-0.2, 0) is 0 Å². The monoisotopic (exact) mass is 153 g/mol. The second-order valence-electron chi connectivity index (χ2n) is 3.68. The Labute approximate surface area is 69.7 Å². The second kappa shape index (κ2) is 3.91. The lowest BCUT2D eigenvalue weighted by atomic mass is 9.95. The first-order chi connectivity index (χ1) is 5.25. The average Bonchev–Trinajstić information content (AvgIpc) is 2.31. The standard InChI is InChI=1S/C10H19N/c1-8-5-6-10(9(8)2)4-3-7-11/h8,10H,2-7,11H2,1H3.